The van der Waals surface area contributed by atoms with E-state index in [2.05, 4.69) is 35.8 Å². The monoisotopic (exact) mass is 365 g/mol. The Morgan fingerprint density at radius 3 is 2.21 bits per heavy atom. The molecule has 3 heteroatoms. The van der Waals surface area contributed by atoms with E-state index in [4.69, 9.17) is 0 Å². The average molecular weight is 365 g/mol. The van der Waals surface area contributed by atoms with Gasteiger partial charge in [0.1, 0.15) is 17.7 Å². The molecular weight excluding hydrogens is 342 g/mol. The summed E-state index contributed by atoms with van der Waals surface area (Å²) in [6.45, 7) is 6.23. The van der Waals surface area contributed by atoms with Gasteiger partial charge in [-0.2, -0.15) is 10.5 Å². The van der Waals surface area contributed by atoms with Crippen LogP contribution in [0.4, 0.5) is 5.69 Å². The van der Waals surface area contributed by atoms with Crippen molar-refractivity contribution in [1.29, 1.82) is 10.5 Å². The molecule has 0 bridgehead atoms. The number of aryl methyl sites for hydroxylation is 2. The fourth-order valence-electron chi connectivity index (χ4n) is 4.45. The van der Waals surface area contributed by atoms with Crippen molar-refractivity contribution in [2.75, 3.05) is 18.0 Å². The molecule has 1 aliphatic carbocycles. The molecule has 4 rings (SSSR count). The van der Waals surface area contributed by atoms with Crippen molar-refractivity contribution in [2.24, 2.45) is 0 Å². The van der Waals surface area contributed by atoms with Gasteiger partial charge in [0.05, 0.1) is 0 Å². The van der Waals surface area contributed by atoms with Crippen LogP contribution < -0.4 is 4.90 Å². The molecule has 2 aliphatic heterocycles. The first-order chi connectivity index (χ1) is 13.7. The van der Waals surface area contributed by atoms with Gasteiger partial charge in [-0.15, -0.1) is 0 Å². The summed E-state index contributed by atoms with van der Waals surface area (Å²) < 4.78 is 0. The van der Waals surface area contributed by atoms with Gasteiger partial charge in [-0.1, -0.05) is 24.8 Å². The molecule has 1 aromatic carbocycles. The Hall–Kier alpha value is -3.30. The van der Waals surface area contributed by atoms with Crippen molar-refractivity contribution in [3.8, 4) is 12.1 Å². The van der Waals surface area contributed by atoms with E-state index in [1.54, 1.807) is 6.08 Å². The maximum atomic E-state index is 9.19. The molecule has 0 saturated carbocycles. The van der Waals surface area contributed by atoms with Crippen LogP contribution in [-0.4, -0.2) is 13.1 Å². The highest BCUT2D eigenvalue weighted by Gasteiger charge is 2.23. The molecule has 138 valence electrons. The first-order valence-electron chi connectivity index (χ1n) is 9.88. The van der Waals surface area contributed by atoms with Crippen LogP contribution in [0.25, 0.3) is 6.08 Å². The Labute approximate surface area is 166 Å². The maximum absolute atomic E-state index is 9.19. The number of nitrogens with zero attached hydrogens (tertiary/aromatic N) is 3. The molecule has 0 unspecified atom stereocenters. The molecule has 3 aliphatic rings. The lowest BCUT2D eigenvalue weighted by Crippen LogP contribution is -2.34. The number of nitriles is 2. The summed E-state index contributed by atoms with van der Waals surface area (Å²) in [5.41, 5.74) is 8.60. The first-order valence-corrected chi connectivity index (χ1v) is 9.88. The van der Waals surface area contributed by atoms with Crippen molar-refractivity contribution in [2.45, 2.75) is 32.1 Å². The second kappa shape index (κ2) is 7.75. The van der Waals surface area contributed by atoms with Gasteiger partial charge in [-0.05, 0) is 84.2 Å². The first kappa shape index (κ1) is 18.1. The van der Waals surface area contributed by atoms with Crippen LogP contribution in [0.2, 0.25) is 0 Å². The van der Waals surface area contributed by atoms with E-state index in [1.807, 2.05) is 24.3 Å². The third-order valence-electron chi connectivity index (χ3n) is 5.71. The fourth-order valence-corrected chi connectivity index (χ4v) is 4.45. The van der Waals surface area contributed by atoms with Gasteiger partial charge in [0.15, 0.2) is 0 Å². The SMILES string of the molecule is C=CC1=CC(=C(C#N)C#N)C=C(C=Cc2cc3c4c(c2)CCCN4CCC3)C1. The van der Waals surface area contributed by atoms with E-state index in [1.165, 1.54) is 48.3 Å². The summed E-state index contributed by atoms with van der Waals surface area (Å²) in [5, 5.41) is 18.4. The Morgan fingerprint density at radius 2 is 1.61 bits per heavy atom. The van der Waals surface area contributed by atoms with Crippen molar-refractivity contribution < 1.29 is 0 Å². The van der Waals surface area contributed by atoms with E-state index >= 15 is 0 Å². The molecule has 28 heavy (non-hydrogen) atoms. The summed E-state index contributed by atoms with van der Waals surface area (Å²) in [7, 11) is 0. The summed E-state index contributed by atoms with van der Waals surface area (Å²) in [6.07, 6.45) is 15.4. The lowest BCUT2D eigenvalue weighted by molar-refractivity contribution is 0.634. The van der Waals surface area contributed by atoms with E-state index in [0.717, 1.165) is 30.4 Å². The molecule has 2 heterocycles. The van der Waals surface area contributed by atoms with Crippen LogP contribution in [0.15, 0.2) is 65.3 Å². The number of rotatable bonds is 3. The number of allylic oxidation sites excluding steroid dienone is 8. The lowest BCUT2D eigenvalue weighted by atomic mass is 9.89. The van der Waals surface area contributed by atoms with Gasteiger partial charge >= 0.3 is 0 Å². The highest BCUT2D eigenvalue weighted by atomic mass is 15.1. The van der Waals surface area contributed by atoms with Gasteiger partial charge in [0, 0.05) is 24.4 Å². The standard InChI is InChI=1S/C25H23N3/c1-2-18-11-19(15-23(12-18)24(16-26)17-27)7-8-20-13-21-5-3-9-28-10-4-6-22(14-20)25(21)28/h2,7-8,12-15H,1,3-6,9-11H2. The van der Waals surface area contributed by atoms with Gasteiger partial charge in [-0.25, -0.2) is 0 Å². The maximum Gasteiger partial charge on any atom is 0.136 e. The smallest absolute Gasteiger partial charge is 0.136 e. The predicted octanol–water partition coefficient (Wildman–Crippen LogP) is 5.18. The zero-order valence-corrected chi connectivity index (χ0v) is 16.0. The lowest BCUT2D eigenvalue weighted by Gasteiger charge is -2.37. The zero-order valence-electron chi connectivity index (χ0n) is 16.0. The molecule has 0 saturated heterocycles. The fraction of sp³-hybridized carbons (Fsp3) is 0.280. The van der Waals surface area contributed by atoms with Crippen LogP contribution in [0, 0.1) is 22.7 Å². The van der Waals surface area contributed by atoms with E-state index in [9.17, 15) is 10.5 Å². The summed E-state index contributed by atoms with van der Waals surface area (Å²) in [6, 6.07) is 8.63. The van der Waals surface area contributed by atoms with Crippen molar-refractivity contribution in [3.63, 3.8) is 0 Å². The minimum Gasteiger partial charge on any atom is -0.371 e. The largest absolute Gasteiger partial charge is 0.371 e. The van der Waals surface area contributed by atoms with E-state index in [-0.39, 0.29) is 5.57 Å². The summed E-state index contributed by atoms with van der Waals surface area (Å²) >= 11 is 0. The summed E-state index contributed by atoms with van der Waals surface area (Å²) in [4.78, 5) is 2.55. The Balaban J connectivity index is 1.66. The molecule has 0 radical (unpaired) electrons. The minimum absolute atomic E-state index is 0.142. The van der Waals surface area contributed by atoms with Gasteiger partial charge in [0.25, 0.3) is 0 Å². The quantitative estimate of drug-likeness (QED) is 0.693. The van der Waals surface area contributed by atoms with Crippen LogP contribution in [-0.2, 0) is 12.8 Å². The molecule has 0 aromatic heterocycles. The molecule has 3 nitrogen and oxygen atoms in total. The molecule has 0 atom stereocenters. The zero-order chi connectivity index (χ0) is 19.5. The van der Waals surface area contributed by atoms with Gasteiger partial charge in [-0.3, -0.25) is 0 Å². The Bertz CT molecular complexity index is 988. The minimum atomic E-state index is 0.142. The average Bonchev–Trinajstić information content (AvgIpc) is 2.73. The molecule has 0 spiro atoms. The Kier molecular flexibility index (Phi) is 5.00. The van der Waals surface area contributed by atoms with Crippen molar-refractivity contribution >= 4 is 11.8 Å². The number of anilines is 1. The van der Waals surface area contributed by atoms with Crippen molar-refractivity contribution in [3.05, 3.63) is 82.0 Å². The van der Waals surface area contributed by atoms with E-state index < -0.39 is 0 Å². The highest BCUT2D eigenvalue weighted by molar-refractivity contribution is 5.69. The summed E-state index contributed by atoms with van der Waals surface area (Å²) in [5.74, 6) is 0. The highest BCUT2D eigenvalue weighted by Crippen LogP contribution is 2.36. The molecule has 0 amide bonds. The van der Waals surface area contributed by atoms with Crippen LogP contribution in [0.3, 0.4) is 0 Å². The van der Waals surface area contributed by atoms with Gasteiger partial charge < -0.3 is 4.90 Å². The normalized spacial score (nSPS) is 17.9. The molecule has 0 N–H and O–H groups in total. The van der Waals surface area contributed by atoms with Crippen molar-refractivity contribution in [1.82, 2.24) is 0 Å². The number of benzene rings is 1. The topological polar surface area (TPSA) is 50.8 Å². The van der Waals surface area contributed by atoms with Crippen LogP contribution >= 0.6 is 0 Å². The second-order valence-corrected chi connectivity index (χ2v) is 7.59. The van der Waals surface area contributed by atoms with Gasteiger partial charge in [0.2, 0.25) is 0 Å². The third-order valence-corrected chi connectivity index (χ3v) is 5.71. The van der Waals surface area contributed by atoms with Crippen LogP contribution in [0.5, 0.6) is 0 Å². The second-order valence-electron chi connectivity index (χ2n) is 7.59. The number of hydrogen-bond donors (Lipinski definition) is 0. The molecule has 1 aromatic rings. The van der Waals surface area contributed by atoms with E-state index in [0.29, 0.717) is 5.57 Å². The third kappa shape index (κ3) is 3.45. The predicted molar refractivity (Wildman–Crippen MR) is 114 cm³/mol. The number of hydrogen-bond acceptors (Lipinski definition) is 3. The molecule has 0 fully saturated rings. The molecular formula is C25H23N3. The van der Waals surface area contributed by atoms with Crippen LogP contribution in [0.1, 0.15) is 36.0 Å². The Morgan fingerprint density at radius 1 is 0.964 bits per heavy atom.